The van der Waals surface area contributed by atoms with Gasteiger partial charge in [-0.15, -0.1) is 0 Å². The van der Waals surface area contributed by atoms with E-state index in [0.29, 0.717) is 32.0 Å². The Morgan fingerprint density at radius 1 is 1.40 bits per heavy atom. The number of nitrogens with one attached hydrogen (secondary N) is 1. The smallest absolute Gasteiger partial charge is 0.242 e. The average Bonchev–Trinajstić information content (AvgIpc) is 2.77. The number of aromatic nitrogens is 4. The van der Waals surface area contributed by atoms with Crippen LogP contribution in [0.5, 0.6) is 5.88 Å². The molecule has 3 aromatic rings. The lowest BCUT2D eigenvalue weighted by molar-refractivity contribution is 0.401. The van der Waals surface area contributed by atoms with Gasteiger partial charge in [-0.05, 0) is 46.3 Å². The van der Waals surface area contributed by atoms with Crippen LogP contribution in [0.4, 0.5) is 4.39 Å². The van der Waals surface area contributed by atoms with Crippen molar-refractivity contribution in [1.82, 2.24) is 19.5 Å². The van der Waals surface area contributed by atoms with Crippen LogP contribution >= 0.6 is 28.1 Å². The van der Waals surface area contributed by atoms with Gasteiger partial charge in [0.05, 0.1) is 12.8 Å². The molecule has 1 N–H and O–H groups in total. The summed E-state index contributed by atoms with van der Waals surface area (Å²) in [4.78, 5) is 11.2. The highest BCUT2D eigenvalue weighted by Crippen LogP contribution is 2.28. The average molecular weight is 355 g/mol. The van der Waals surface area contributed by atoms with Crippen LogP contribution in [0.25, 0.3) is 16.9 Å². The van der Waals surface area contributed by atoms with E-state index in [-0.39, 0.29) is 5.82 Å². The third-order valence-corrected chi connectivity index (χ3v) is 3.74. The molecular formula is C12H8BrFN4OS. The van der Waals surface area contributed by atoms with Gasteiger partial charge in [0.15, 0.2) is 10.4 Å². The minimum atomic E-state index is -0.361. The molecule has 0 fully saturated rings. The number of aromatic amines is 1. The van der Waals surface area contributed by atoms with E-state index in [4.69, 9.17) is 17.0 Å². The monoisotopic (exact) mass is 354 g/mol. The maximum absolute atomic E-state index is 13.5. The number of halogens is 2. The van der Waals surface area contributed by atoms with E-state index < -0.39 is 0 Å². The van der Waals surface area contributed by atoms with Gasteiger partial charge in [-0.2, -0.15) is 4.98 Å². The number of methoxy groups -OCH3 is 1. The largest absolute Gasteiger partial charge is 0.479 e. The summed E-state index contributed by atoms with van der Waals surface area (Å²) >= 11 is 8.67. The Morgan fingerprint density at radius 3 is 2.95 bits per heavy atom. The third kappa shape index (κ3) is 2.01. The molecule has 0 aliphatic rings. The van der Waals surface area contributed by atoms with E-state index in [1.165, 1.54) is 25.6 Å². The van der Waals surface area contributed by atoms with E-state index in [1.54, 1.807) is 10.6 Å². The third-order valence-electron chi connectivity index (χ3n) is 2.78. The van der Waals surface area contributed by atoms with Crippen LogP contribution in [0.1, 0.15) is 0 Å². The molecule has 0 unspecified atom stereocenters. The molecule has 0 spiro atoms. The molecule has 0 radical (unpaired) electrons. The van der Waals surface area contributed by atoms with Crippen LogP contribution in [0, 0.1) is 10.6 Å². The van der Waals surface area contributed by atoms with Gasteiger partial charge in [0.2, 0.25) is 5.88 Å². The normalized spacial score (nSPS) is 10.9. The Labute approximate surface area is 126 Å². The van der Waals surface area contributed by atoms with E-state index >= 15 is 0 Å². The molecule has 5 nitrogen and oxygen atoms in total. The molecule has 0 bridgehead atoms. The van der Waals surface area contributed by atoms with E-state index in [1.807, 2.05) is 0 Å². The Kier molecular flexibility index (Phi) is 3.27. The van der Waals surface area contributed by atoms with Crippen molar-refractivity contribution in [3.05, 3.63) is 39.6 Å². The summed E-state index contributed by atoms with van der Waals surface area (Å²) in [6.07, 6.45) is 1.37. The summed E-state index contributed by atoms with van der Waals surface area (Å²) in [6.45, 7) is 0. The Balaban J connectivity index is 2.40. The summed E-state index contributed by atoms with van der Waals surface area (Å²) in [5.74, 6) is 0.0212. The van der Waals surface area contributed by atoms with Gasteiger partial charge in [0.1, 0.15) is 17.7 Å². The van der Waals surface area contributed by atoms with Crippen LogP contribution in [-0.4, -0.2) is 26.6 Å². The second-order valence-electron chi connectivity index (χ2n) is 3.94. The van der Waals surface area contributed by atoms with Crippen molar-refractivity contribution in [1.29, 1.82) is 0 Å². The number of benzene rings is 1. The fourth-order valence-electron chi connectivity index (χ4n) is 1.93. The number of rotatable bonds is 2. The Bertz CT molecular complexity index is 860. The molecule has 2 aromatic heterocycles. The predicted molar refractivity (Wildman–Crippen MR) is 78.3 cm³/mol. The second kappa shape index (κ2) is 4.95. The van der Waals surface area contributed by atoms with Gasteiger partial charge in [-0.1, -0.05) is 0 Å². The van der Waals surface area contributed by atoms with Gasteiger partial charge in [-0.25, -0.2) is 9.37 Å². The highest BCUT2D eigenvalue weighted by Gasteiger charge is 2.15. The van der Waals surface area contributed by atoms with Crippen LogP contribution in [0.3, 0.4) is 0 Å². The molecular weight excluding hydrogens is 347 g/mol. The van der Waals surface area contributed by atoms with Crippen molar-refractivity contribution in [3.8, 4) is 11.6 Å². The van der Waals surface area contributed by atoms with Crippen LogP contribution < -0.4 is 4.74 Å². The van der Waals surface area contributed by atoms with E-state index in [9.17, 15) is 4.39 Å². The fourth-order valence-corrected chi connectivity index (χ4v) is 2.64. The molecule has 0 saturated carbocycles. The van der Waals surface area contributed by atoms with Crippen LogP contribution in [0.15, 0.2) is 29.0 Å². The molecule has 0 amide bonds. The highest BCUT2D eigenvalue weighted by atomic mass is 79.9. The summed E-state index contributed by atoms with van der Waals surface area (Å²) < 4.78 is 21.3. The topological polar surface area (TPSA) is 55.7 Å². The number of fused-ring (bicyclic) bond motifs is 1. The quantitative estimate of drug-likeness (QED) is 0.716. The number of hydrogen-bond acceptors (Lipinski definition) is 4. The molecule has 0 saturated heterocycles. The first-order chi connectivity index (χ1) is 9.61. The van der Waals surface area contributed by atoms with E-state index in [2.05, 4.69) is 30.9 Å². The van der Waals surface area contributed by atoms with Gasteiger partial charge < -0.3 is 9.72 Å². The number of ether oxygens (including phenoxy) is 1. The molecule has 8 heteroatoms. The molecule has 0 aliphatic carbocycles. The van der Waals surface area contributed by atoms with Crippen LogP contribution in [-0.2, 0) is 0 Å². The molecule has 20 heavy (non-hydrogen) atoms. The van der Waals surface area contributed by atoms with Crippen molar-refractivity contribution in [2.45, 2.75) is 0 Å². The van der Waals surface area contributed by atoms with Crippen molar-refractivity contribution in [2.24, 2.45) is 0 Å². The SMILES string of the molecule is COc1ncnc2c1[nH]c(=S)n2-c1cc(F)ccc1Br. The van der Waals surface area contributed by atoms with Crippen molar-refractivity contribution < 1.29 is 9.13 Å². The van der Waals surface area contributed by atoms with Crippen molar-refractivity contribution in [2.75, 3.05) is 7.11 Å². The van der Waals surface area contributed by atoms with Gasteiger partial charge in [0, 0.05) is 4.47 Å². The number of nitrogens with zero attached hydrogens (tertiary/aromatic N) is 3. The van der Waals surface area contributed by atoms with Crippen LogP contribution in [0.2, 0.25) is 0 Å². The maximum Gasteiger partial charge on any atom is 0.242 e. The first-order valence-corrected chi connectivity index (χ1v) is 6.77. The minimum absolute atomic E-state index is 0.361. The minimum Gasteiger partial charge on any atom is -0.479 e. The first-order valence-electron chi connectivity index (χ1n) is 5.57. The number of H-pyrrole nitrogens is 1. The zero-order valence-electron chi connectivity index (χ0n) is 10.2. The maximum atomic E-state index is 13.5. The summed E-state index contributed by atoms with van der Waals surface area (Å²) in [5, 5.41) is 0. The lowest BCUT2D eigenvalue weighted by Gasteiger charge is -2.07. The molecule has 3 rings (SSSR count). The zero-order chi connectivity index (χ0) is 14.3. The highest BCUT2D eigenvalue weighted by molar-refractivity contribution is 9.10. The molecule has 102 valence electrons. The fraction of sp³-hybridized carbons (Fsp3) is 0.0833. The lowest BCUT2D eigenvalue weighted by Crippen LogP contribution is -1.98. The standard InChI is InChI=1S/C12H8BrFN4OS/c1-19-11-9-10(15-5-16-11)18(12(20)17-9)8-4-6(14)2-3-7(8)13/h2-5H,1H3,(H,17,20). The molecule has 2 heterocycles. The summed E-state index contributed by atoms with van der Waals surface area (Å²) in [6, 6.07) is 4.35. The number of hydrogen-bond donors (Lipinski definition) is 1. The predicted octanol–water partition coefficient (Wildman–Crippen LogP) is 3.39. The Hall–Kier alpha value is -1.80. The van der Waals surface area contributed by atoms with Gasteiger partial charge in [-0.3, -0.25) is 4.57 Å². The van der Waals surface area contributed by atoms with Gasteiger partial charge in [0.25, 0.3) is 0 Å². The summed E-state index contributed by atoms with van der Waals surface area (Å²) in [5.41, 5.74) is 1.64. The van der Waals surface area contributed by atoms with Gasteiger partial charge >= 0.3 is 0 Å². The summed E-state index contributed by atoms with van der Waals surface area (Å²) in [7, 11) is 1.51. The van der Waals surface area contributed by atoms with E-state index in [0.717, 1.165) is 0 Å². The van der Waals surface area contributed by atoms with Crippen molar-refractivity contribution >= 4 is 39.3 Å². The molecule has 0 aliphatic heterocycles. The molecule has 0 atom stereocenters. The second-order valence-corrected chi connectivity index (χ2v) is 5.18. The zero-order valence-corrected chi connectivity index (χ0v) is 12.6. The lowest BCUT2D eigenvalue weighted by atomic mass is 10.3. The first kappa shape index (κ1) is 13.2. The number of imidazole rings is 1. The molecule has 1 aromatic carbocycles. The Morgan fingerprint density at radius 2 is 2.20 bits per heavy atom. The van der Waals surface area contributed by atoms with Crippen molar-refractivity contribution in [3.63, 3.8) is 0 Å².